The van der Waals surface area contributed by atoms with Gasteiger partial charge in [0, 0.05) is 10.3 Å². The summed E-state index contributed by atoms with van der Waals surface area (Å²) < 4.78 is 38.7. The second kappa shape index (κ2) is 6.40. The maximum absolute atomic E-state index is 12.9. The van der Waals surface area contributed by atoms with E-state index in [4.69, 9.17) is 5.11 Å². The van der Waals surface area contributed by atoms with E-state index in [1.165, 1.54) is 23.9 Å². The first-order valence-electron chi connectivity index (χ1n) is 7.19. The van der Waals surface area contributed by atoms with Gasteiger partial charge in [0.1, 0.15) is 5.69 Å². The second-order valence-electron chi connectivity index (χ2n) is 5.33. The summed E-state index contributed by atoms with van der Waals surface area (Å²) in [7, 11) is 0. The van der Waals surface area contributed by atoms with E-state index in [0.717, 1.165) is 12.1 Å². The number of carboxylic acids is 1. The van der Waals surface area contributed by atoms with Gasteiger partial charge in [-0.05, 0) is 47.7 Å². The van der Waals surface area contributed by atoms with E-state index in [-0.39, 0.29) is 5.69 Å². The molecule has 0 atom stereocenters. The van der Waals surface area contributed by atoms with Gasteiger partial charge in [0.25, 0.3) is 0 Å². The Morgan fingerprint density at radius 1 is 1.08 bits per heavy atom. The molecule has 0 bridgehead atoms. The van der Waals surface area contributed by atoms with E-state index < -0.39 is 17.7 Å². The quantitative estimate of drug-likeness (QED) is 0.638. The Hall–Kier alpha value is -2.54. The first-order chi connectivity index (χ1) is 11.8. The van der Waals surface area contributed by atoms with Crippen LogP contribution < -0.4 is 0 Å². The molecule has 3 aromatic rings. The molecule has 1 N–H and O–H groups in total. The molecule has 1 heterocycles. The Kier molecular flexibility index (Phi) is 4.43. The fourth-order valence-electron chi connectivity index (χ4n) is 2.53. The minimum atomic E-state index is -4.41. The summed E-state index contributed by atoms with van der Waals surface area (Å²) in [5.41, 5.74) is 0.753. The SMILES string of the molecule is CSc1cc(C(=O)O)nc2ccc(-c3cccc(C(F)(F)F)c3)cc12. The third kappa shape index (κ3) is 3.46. The van der Waals surface area contributed by atoms with Gasteiger partial charge in [-0.25, -0.2) is 9.78 Å². The number of aromatic carboxylic acids is 1. The van der Waals surface area contributed by atoms with Crippen LogP contribution in [0, 0.1) is 0 Å². The van der Waals surface area contributed by atoms with Crippen LogP contribution in [0.25, 0.3) is 22.0 Å². The molecule has 0 aliphatic carbocycles. The van der Waals surface area contributed by atoms with Crippen LogP contribution in [-0.2, 0) is 6.18 Å². The van der Waals surface area contributed by atoms with Crippen molar-refractivity contribution in [3.05, 3.63) is 59.8 Å². The monoisotopic (exact) mass is 363 g/mol. The molecule has 3 rings (SSSR count). The van der Waals surface area contributed by atoms with E-state index in [1.54, 1.807) is 30.5 Å². The Labute approximate surface area is 145 Å². The molecule has 25 heavy (non-hydrogen) atoms. The van der Waals surface area contributed by atoms with Crippen LogP contribution in [0.1, 0.15) is 16.1 Å². The molecule has 7 heteroatoms. The largest absolute Gasteiger partial charge is 0.477 e. The molecule has 128 valence electrons. The number of halogens is 3. The fraction of sp³-hybridized carbons (Fsp3) is 0.111. The molecule has 0 aliphatic rings. The van der Waals surface area contributed by atoms with Gasteiger partial charge in [0.15, 0.2) is 0 Å². The molecule has 0 radical (unpaired) electrons. The summed E-state index contributed by atoms with van der Waals surface area (Å²) in [6.45, 7) is 0. The Morgan fingerprint density at radius 2 is 1.80 bits per heavy atom. The van der Waals surface area contributed by atoms with Crippen LogP contribution in [0.3, 0.4) is 0 Å². The summed E-state index contributed by atoms with van der Waals surface area (Å²) in [6, 6.07) is 11.5. The predicted molar refractivity (Wildman–Crippen MR) is 90.9 cm³/mol. The van der Waals surface area contributed by atoms with Gasteiger partial charge in [-0.2, -0.15) is 13.2 Å². The van der Waals surface area contributed by atoms with Crippen LogP contribution in [0.5, 0.6) is 0 Å². The minimum Gasteiger partial charge on any atom is -0.477 e. The number of carboxylic acid groups (broad SMARTS) is 1. The van der Waals surface area contributed by atoms with Crippen LogP contribution >= 0.6 is 11.8 Å². The van der Waals surface area contributed by atoms with Gasteiger partial charge in [0.2, 0.25) is 0 Å². The molecule has 2 aromatic carbocycles. The zero-order valence-electron chi connectivity index (χ0n) is 13.0. The summed E-state index contributed by atoms with van der Waals surface area (Å²) in [6.07, 6.45) is -2.60. The Balaban J connectivity index is 2.16. The van der Waals surface area contributed by atoms with E-state index in [2.05, 4.69) is 4.98 Å². The number of hydrogen-bond donors (Lipinski definition) is 1. The zero-order chi connectivity index (χ0) is 18.2. The van der Waals surface area contributed by atoms with Gasteiger partial charge in [0.05, 0.1) is 11.1 Å². The fourth-order valence-corrected chi connectivity index (χ4v) is 3.14. The molecule has 0 saturated heterocycles. The van der Waals surface area contributed by atoms with Crippen molar-refractivity contribution in [1.82, 2.24) is 4.98 Å². The molecule has 0 fully saturated rings. The lowest BCUT2D eigenvalue weighted by Crippen LogP contribution is -2.04. The Morgan fingerprint density at radius 3 is 2.44 bits per heavy atom. The minimum absolute atomic E-state index is 0.0660. The number of alkyl halides is 3. The molecular formula is C18H12F3NO2S. The number of fused-ring (bicyclic) bond motifs is 1. The topological polar surface area (TPSA) is 50.2 Å². The zero-order valence-corrected chi connectivity index (χ0v) is 13.8. The smallest absolute Gasteiger partial charge is 0.416 e. The molecule has 3 nitrogen and oxygen atoms in total. The number of aromatic nitrogens is 1. The van der Waals surface area contributed by atoms with Gasteiger partial charge in [-0.15, -0.1) is 11.8 Å². The van der Waals surface area contributed by atoms with Crippen LogP contribution in [0.15, 0.2) is 53.4 Å². The average Bonchev–Trinajstić information content (AvgIpc) is 2.59. The standard InChI is InChI=1S/C18H12F3NO2S/c1-25-16-9-15(17(23)24)22-14-6-5-11(8-13(14)16)10-3-2-4-12(7-10)18(19,20)21/h2-9H,1H3,(H,23,24). The van der Waals surface area contributed by atoms with Crippen molar-refractivity contribution in [2.45, 2.75) is 11.1 Å². The molecule has 1 aromatic heterocycles. The summed E-state index contributed by atoms with van der Waals surface area (Å²) >= 11 is 1.36. The van der Waals surface area contributed by atoms with E-state index in [0.29, 0.717) is 26.9 Å². The van der Waals surface area contributed by atoms with Crippen molar-refractivity contribution < 1.29 is 23.1 Å². The number of benzene rings is 2. The summed E-state index contributed by atoms with van der Waals surface area (Å²) in [5.74, 6) is -1.13. The van der Waals surface area contributed by atoms with Crippen molar-refractivity contribution in [2.24, 2.45) is 0 Å². The molecule has 0 unspecified atom stereocenters. The summed E-state index contributed by atoms with van der Waals surface area (Å²) in [5, 5.41) is 9.83. The van der Waals surface area contributed by atoms with Gasteiger partial charge < -0.3 is 5.11 Å². The lowest BCUT2D eigenvalue weighted by atomic mass is 10.0. The van der Waals surface area contributed by atoms with Crippen molar-refractivity contribution in [1.29, 1.82) is 0 Å². The number of hydrogen-bond acceptors (Lipinski definition) is 3. The van der Waals surface area contributed by atoms with Crippen molar-refractivity contribution in [3.8, 4) is 11.1 Å². The molecule has 0 spiro atoms. The number of thioether (sulfide) groups is 1. The highest BCUT2D eigenvalue weighted by Crippen LogP contribution is 2.34. The second-order valence-corrected chi connectivity index (χ2v) is 6.17. The van der Waals surface area contributed by atoms with Crippen molar-refractivity contribution >= 4 is 28.6 Å². The predicted octanol–water partition coefficient (Wildman–Crippen LogP) is 5.34. The Bertz CT molecular complexity index is 970. The van der Waals surface area contributed by atoms with Crippen molar-refractivity contribution in [3.63, 3.8) is 0 Å². The normalized spacial score (nSPS) is 11.7. The van der Waals surface area contributed by atoms with Gasteiger partial charge in [-0.3, -0.25) is 0 Å². The highest BCUT2D eigenvalue weighted by Gasteiger charge is 2.30. The first kappa shape index (κ1) is 17.3. The maximum atomic E-state index is 12.9. The van der Waals surface area contributed by atoms with Gasteiger partial charge >= 0.3 is 12.1 Å². The highest BCUT2D eigenvalue weighted by molar-refractivity contribution is 7.98. The van der Waals surface area contributed by atoms with E-state index in [1.807, 2.05) is 0 Å². The molecular weight excluding hydrogens is 351 g/mol. The highest BCUT2D eigenvalue weighted by atomic mass is 32.2. The third-order valence-corrected chi connectivity index (χ3v) is 4.51. The van der Waals surface area contributed by atoms with Crippen LogP contribution in [0.4, 0.5) is 13.2 Å². The average molecular weight is 363 g/mol. The molecule has 0 aliphatic heterocycles. The van der Waals surface area contributed by atoms with E-state index in [9.17, 15) is 18.0 Å². The van der Waals surface area contributed by atoms with Crippen molar-refractivity contribution in [2.75, 3.05) is 6.26 Å². The lowest BCUT2D eigenvalue weighted by molar-refractivity contribution is -0.137. The van der Waals surface area contributed by atoms with Gasteiger partial charge in [-0.1, -0.05) is 18.2 Å². The number of carbonyl (C=O) groups is 1. The molecule has 0 amide bonds. The maximum Gasteiger partial charge on any atom is 0.416 e. The van der Waals surface area contributed by atoms with Crippen LogP contribution in [0.2, 0.25) is 0 Å². The number of rotatable bonds is 3. The van der Waals surface area contributed by atoms with Crippen LogP contribution in [-0.4, -0.2) is 22.3 Å². The first-order valence-corrected chi connectivity index (χ1v) is 8.42. The number of pyridine rings is 1. The third-order valence-electron chi connectivity index (χ3n) is 3.73. The lowest BCUT2D eigenvalue weighted by Gasteiger charge is -2.11. The molecule has 0 saturated carbocycles. The number of nitrogens with zero attached hydrogens (tertiary/aromatic N) is 1. The summed E-state index contributed by atoms with van der Waals surface area (Å²) in [4.78, 5) is 15.9. The van der Waals surface area contributed by atoms with E-state index >= 15 is 0 Å².